The first kappa shape index (κ1) is 15.2. The zero-order valence-corrected chi connectivity index (χ0v) is 12.9. The molecule has 0 aliphatic heterocycles. The molecule has 0 unspecified atom stereocenters. The fourth-order valence-electron chi connectivity index (χ4n) is 2.12. The van der Waals surface area contributed by atoms with Gasteiger partial charge in [-0.1, -0.05) is 36.4 Å². The Kier molecular flexibility index (Phi) is 5.43. The molecule has 0 atom stereocenters. The van der Waals surface area contributed by atoms with Gasteiger partial charge in [-0.3, -0.25) is 4.99 Å². The third kappa shape index (κ3) is 4.38. The lowest BCUT2D eigenvalue weighted by Crippen LogP contribution is -2.42. The Hall–Kier alpha value is -2.23. The molecule has 112 valence electrons. The summed E-state index contributed by atoms with van der Waals surface area (Å²) in [5, 5.41) is 8.81. The molecule has 0 bridgehead atoms. The summed E-state index contributed by atoms with van der Waals surface area (Å²) in [7, 11) is 1.77. The molecule has 0 aliphatic rings. The van der Waals surface area contributed by atoms with E-state index in [0.717, 1.165) is 17.1 Å². The number of aliphatic imine (C=N–C) groups is 1. The van der Waals surface area contributed by atoms with Gasteiger partial charge < -0.3 is 15.4 Å². The minimum atomic E-state index is 0.357. The van der Waals surface area contributed by atoms with E-state index in [1.54, 1.807) is 7.05 Å². The van der Waals surface area contributed by atoms with Crippen LogP contribution < -0.4 is 15.4 Å². The van der Waals surface area contributed by atoms with E-state index in [0.29, 0.717) is 19.2 Å². The highest BCUT2D eigenvalue weighted by Crippen LogP contribution is 2.24. The summed E-state index contributed by atoms with van der Waals surface area (Å²) in [6, 6.07) is 14.7. The van der Waals surface area contributed by atoms with Crippen LogP contribution in [0.4, 0.5) is 0 Å². The Morgan fingerprint density at radius 2 is 1.90 bits per heavy atom. The third-order valence-corrected chi connectivity index (χ3v) is 3.05. The minimum Gasteiger partial charge on any atom is -0.491 e. The second kappa shape index (κ2) is 7.53. The van der Waals surface area contributed by atoms with E-state index >= 15 is 0 Å². The van der Waals surface area contributed by atoms with Crippen molar-refractivity contribution in [3.63, 3.8) is 0 Å². The average Bonchev–Trinajstić information content (AvgIpc) is 2.50. The van der Waals surface area contributed by atoms with E-state index < -0.39 is 0 Å². The first-order valence-corrected chi connectivity index (χ1v) is 7.28. The van der Waals surface area contributed by atoms with Gasteiger partial charge in [-0.25, -0.2) is 0 Å². The molecule has 2 aromatic rings. The fraction of sp³-hybridized carbons (Fsp3) is 0.353. The van der Waals surface area contributed by atoms with E-state index in [9.17, 15) is 0 Å². The van der Waals surface area contributed by atoms with Crippen molar-refractivity contribution < 1.29 is 4.74 Å². The van der Waals surface area contributed by atoms with Crippen LogP contribution in [0, 0.1) is 0 Å². The number of nitrogens with one attached hydrogen (secondary N) is 2. The van der Waals surface area contributed by atoms with E-state index in [1.165, 1.54) is 5.39 Å². The highest BCUT2D eigenvalue weighted by Gasteiger charge is 2.02. The van der Waals surface area contributed by atoms with Crippen molar-refractivity contribution >= 4 is 16.7 Å². The van der Waals surface area contributed by atoms with Crippen LogP contribution in [-0.4, -0.2) is 32.2 Å². The van der Waals surface area contributed by atoms with Crippen molar-refractivity contribution in [3.05, 3.63) is 42.5 Å². The summed E-state index contributed by atoms with van der Waals surface area (Å²) in [5.41, 5.74) is 0. The molecule has 0 aromatic heterocycles. The van der Waals surface area contributed by atoms with Gasteiger partial charge >= 0.3 is 0 Å². The Morgan fingerprint density at radius 3 is 2.67 bits per heavy atom. The van der Waals surface area contributed by atoms with Crippen molar-refractivity contribution in [2.75, 3.05) is 20.2 Å². The molecule has 2 N–H and O–H groups in total. The Balaban J connectivity index is 1.88. The maximum absolute atomic E-state index is 5.87. The van der Waals surface area contributed by atoms with Crippen LogP contribution in [0.15, 0.2) is 47.5 Å². The maximum atomic E-state index is 5.87. The molecular weight excluding hydrogens is 262 g/mol. The van der Waals surface area contributed by atoms with Gasteiger partial charge in [-0.15, -0.1) is 0 Å². The molecular formula is C17H23N3O. The zero-order valence-electron chi connectivity index (χ0n) is 12.9. The molecule has 0 saturated heterocycles. The monoisotopic (exact) mass is 285 g/mol. The van der Waals surface area contributed by atoms with Gasteiger partial charge in [0.05, 0.1) is 6.54 Å². The first-order chi connectivity index (χ1) is 10.2. The van der Waals surface area contributed by atoms with Crippen LogP contribution in [-0.2, 0) is 0 Å². The second-order valence-corrected chi connectivity index (χ2v) is 5.12. The molecule has 0 radical (unpaired) electrons. The van der Waals surface area contributed by atoms with Crippen LogP contribution in [0.5, 0.6) is 5.75 Å². The molecule has 0 spiro atoms. The van der Waals surface area contributed by atoms with Gasteiger partial charge in [0, 0.05) is 18.5 Å². The number of guanidine groups is 1. The molecule has 4 nitrogen and oxygen atoms in total. The molecule has 0 saturated carbocycles. The van der Waals surface area contributed by atoms with Crippen LogP contribution in [0.25, 0.3) is 10.8 Å². The van der Waals surface area contributed by atoms with Crippen LogP contribution >= 0.6 is 0 Å². The summed E-state index contributed by atoms with van der Waals surface area (Å²) in [6.45, 7) is 5.46. The molecule has 0 fully saturated rings. The lowest BCUT2D eigenvalue weighted by atomic mass is 10.1. The second-order valence-electron chi connectivity index (χ2n) is 5.12. The molecule has 21 heavy (non-hydrogen) atoms. The van der Waals surface area contributed by atoms with Gasteiger partial charge in [0.25, 0.3) is 0 Å². The van der Waals surface area contributed by atoms with Gasteiger partial charge in [-0.2, -0.15) is 0 Å². The van der Waals surface area contributed by atoms with Crippen LogP contribution in [0.1, 0.15) is 13.8 Å². The maximum Gasteiger partial charge on any atom is 0.191 e. The standard InChI is InChI=1S/C17H23N3O/c1-13(2)20-17(18-3)19-11-12-21-16-10-6-8-14-7-4-5-9-15(14)16/h4-10,13H,11-12H2,1-3H3,(H2,18,19,20). The molecule has 4 heteroatoms. The summed E-state index contributed by atoms with van der Waals surface area (Å²) in [6.07, 6.45) is 0. The van der Waals surface area contributed by atoms with Gasteiger partial charge in [-0.05, 0) is 25.3 Å². The highest BCUT2D eigenvalue weighted by molar-refractivity contribution is 5.88. The molecule has 2 rings (SSSR count). The van der Waals surface area contributed by atoms with Crippen molar-refractivity contribution in [1.82, 2.24) is 10.6 Å². The predicted octanol–water partition coefficient (Wildman–Crippen LogP) is 2.79. The number of ether oxygens (including phenoxy) is 1. The smallest absolute Gasteiger partial charge is 0.191 e. The normalized spacial score (nSPS) is 11.7. The van der Waals surface area contributed by atoms with E-state index in [4.69, 9.17) is 4.74 Å². The largest absolute Gasteiger partial charge is 0.491 e. The average molecular weight is 285 g/mol. The highest BCUT2D eigenvalue weighted by atomic mass is 16.5. The van der Waals surface area contributed by atoms with Gasteiger partial charge in [0.15, 0.2) is 5.96 Å². The quantitative estimate of drug-likeness (QED) is 0.504. The minimum absolute atomic E-state index is 0.357. The SMILES string of the molecule is CN=C(NCCOc1cccc2ccccc12)NC(C)C. The number of hydrogen-bond acceptors (Lipinski definition) is 2. The van der Waals surface area contributed by atoms with Crippen molar-refractivity contribution in [1.29, 1.82) is 0 Å². The number of hydrogen-bond donors (Lipinski definition) is 2. The Morgan fingerprint density at radius 1 is 1.14 bits per heavy atom. The molecule has 0 aliphatic carbocycles. The summed E-state index contributed by atoms with van der Waals surface area (Å²) in [4.78, 5) is 4.16. The predicted molar refractivity (Wildman–Crippen MR) is 89.1 cm³/mol. The Bertz CT molecular complexity index is 603. The lowest BCUT2D eigenvalue weighted by Gasteiger charge is -2.15. The van der Waals surface area contributed by atoms with Gasteiger partial charge in [0.1, 0.15) is 12.4 Å². The first-order valence-electron chi connectivity index (χ1n) is 7.28. The van der Waals surface area contributed by atoms with Crippen molar-refractivity contribution in [3.8, 4) is 5.75 Å². The summed E-state index contributed by atoms with van der Waals surface area (Å²) < 4.78 is 5.87. The fourth-order valence-corrected chi connectivity index (χ4v) is 2.12. The van der Waals surface area contributed by atoms with E-state index in [2.05, 4.69) is 47.7 Å². The summed E-state index contributed by atoms with van der Waals surface area (Å²) in [5.74, 6) is 1.72. The number of fused-ring (bicyclic) bond motifs is 1. The van der Waals surface area contributed by atoms with Crippen LogP contribution in [0.3, 0.4) is 0 Å². The number of rotatable bonds is 5. The Labute approximate surface area is 126 Å². The molecule has 2 aromatic carbocycles. The third-order valence-electron chi connectivity index (χ3n) is 3.05. The van der Waals surface area contributed by atoms with Crippen LogP contribution in [0.2, 0.25) is 0 Å². The van der Waals surface area contributed by atoms with Crippen molar-refractivity contribution in [2.24, 2.45) is 4.99 Å². The summed E-state index contributed by atoms with van der Waals surface area (Å²) >= 11 is 0. The van der Waals surface area contributed by atoms with Gasteiger partial charge in [0.2, 0.25) is 0 Å². The number of benzene rings is 2. The van der Waals surface area contributed by atoms with E-state index in [-0.39, 0.29) is 0 Å². The topological polar surface area (TPSA) is 45.7 Å². The molecule has 0 amide bonds. The van der Waals surface area contributed by atoms with Crippen molar-refractivity contribution in [2.45, 2.75) is 19.9 Å². The van der Waals surface area contributed by atoms with E-state index in [1.807, 2.05) is 24.3 Å². The number of nitrogens with zero attached hydrogens (tertiary/aromatic N) is 1. The zero-order chi connectivity index (χ0) is 15.1. The lowest BCUT2D eigenvalue weighted by molar-refractivity contribution is 0.325. The molecule has 0 heterocycles.